The number of amides is 4. The quantitative estimate of drug-likeness (QED) is 0.328. The highest BCUT2D eigenvalue weighted by atomic mass is 35.5. The van der Waals surface area contributed by atoms with Crippen LogP contribution in [-0.4, -0.2) is 60.6 Å². The van der Waals surface area contributed by atoms with Crippen LogP contribution in [-0.2, 0) is 14.5 Å². The molecule has 120 valence electrons. The Kier molecular flexibility index (Phi) is 5.35. The van der Waals surface area contributed by atoms with Crippen molar-refractivity contribution in [1.29, 1.82) is 0 Å². The summed E-state index contributed by atoms with van der Waals surface area (Å²) in [6.07, 6.45) is 3.38. The third-order valence-corrected chi connectivity index (χ3v) is 3.93. The maximum absolute atomic E-state index is 12.3. The average molecular weight is 320 g/mol. The summed E-state index contributed by atoms with van der Waals surface area (Å²) in [5.74, 6) is -1.16. The molecule has 21 heavy (non-hydrogen) atoms. The van der Waals surface area contributed by atoms with E-state index in [9.17, 15) is 14.4 Å². The van der Waals surface area contributed by atoms with Gasteiger partial charge in [-0.2, -0.15) is 0 Å². The summed E-state index contributed by atoms with van der Waals surface area (Å²) in [4.78, 5) is 43.3. The number of halogens is 1. The molecule has 8 heteroatoms. The summed E-state index contributed by atoms with van der Waals surface area (Å²) >= 11 is 0. The Labute approximate surface area is 130 Å². The molecule has 2 aliphatic rings. The van der Waals surface area contributed by atoms with Gasteiger partial charge < -0.3 is 12.4 Å². The van der Waals surface area contributed by atoms with Gasteiger partial charge in [0.1, 0.15) is 14.1 Å². The fourth-order valence-electron chi connectivity index (χ4n) is 2.93. The molecule has 7 nitrogen and oxygen atoms in total. The predicted molar refractivity (Wildman–Crippen MR) is 69.6 cm³/mol. The number of rotatable bonds is 2. The summed E-state index contributed by atoms with van der Waals surface area (Å²) in [7, 11) is 6.20. The van der Waals surface area contributed by atoms with Gasteiger partial charge in [0.05, 0.1) is 11.8 Å². The predicted octanol–water partition coefficient (Wildman–Crippen LogP) is -2.23. The molecule has 0 bridgehead atoms. The highest BCUT2D eigenvalue weighted by Crippen LogP contribution is 2.38. The highest BCUT2D eigenvalue weighted by molar-refractivity contribution is 6.04. The maximum atomic E-state index is 12.3. The van der Waals surface area contributed by atoms with Gasteiger partial charge in [-0.3, -0.25) is 14.5 Å². The van der Waals surface area contributed by atoms with Gasteiger partial charge in [-0.05, 0) is 12.8 Å². The molecule has 1 heterocycles. The molecule has 1 aliphatic carbocycles. The van der Waals surface area contributed by atoms with Crippen molar-refractivity contribution in [3.63, 3.8) is 0 Å². The molecule has 0 aromatic carbocycles. The van der Waals surface area contributed by atoms with E-state index in [0.29, 0.717) is 0 Å². The second kappa shape index (κ2) is 6.29. The van der Waals surface area contributed by atoms with Crippen molar-refractivity contribution in [3.05, 3.63) is 0 Å². The molecule has 1 saturated carbocycles. The van der Waals surface area contributed by atoms with Crippen LogP contribution in [0.3, 0.4) is 0 Å². The molecule has 4 amide bonds. The smallest absolute Gasteiger partial charge is 0.452 e. The van der Waals surface area contributed by atoms with Crippen LogP contribution in [0.2, 0.25) is 0 Å². The maximum Gasteiger partial charge on any atom is 0.452 e. The number of urea groups is 1. The highest BCUT2D eigenvalue weighted by Gasteiger charge is 2.52. The number of hydroxylamine groups is 5. The molecule has 0 aromatic rings. The zero-order chi connectivity index (χ0) is 15.1. The Morgan fingerprint density at radius 1 is 1.14 bits per heavy atom. The first-order valence-corrected chi connectivity index (χ1v) is 6.89. The number of quaternary nitrogens is 1. The third-order valence-electron chi connectivity index (χ3n) is 3.93. The van der Waals surface area contributed by atoms with E-state index in [2.05, 4.69) is 0 Å². The Morgan fingerprint density at radius 2 is 1.57 bits per heavy atom. The first kappa shape index (κ1) is 17.9. The lowest BCUT2D eigenvalue weighted by molar-refractivity contribution is -1.04. The Hall–Kier alpha value is -1.18. The van der Waals surface area contributed by atoms with Gasteiger partial charge in [-0.25, -0.2) is 4.79 Å². The van der Waals surface area contributed by atoms with Crippen LogP contribution in [0.1, 0.15) is 25.7 Å². The number of nitrogens with zero attached hydrogens (tertiary/aromatic N) is 3. The number of carbonyl (C=O) groups is 3. The minimum absolute atomic E-state index is 0. The van der Waals surface area contributed by atoms with Gasteiger partial charge in [0.2, 0.25) is 0 Å². The monoisotopic (exact) mass is 319 g/mol. The molecule has 1 saturated heterocycles. The fraction of sp³-hybridized carbons (Fsp3) is 0.769. The number of carbonyl (C=O) groups excluding carboxylic acids is 3. The van der Waals surface area contributed by atoms with E-state index in [4.69, 9.17) is 4.94 Å². The summed E-state index contributed by atoms with van der Waals surface area (Å²) in [5, 5.41) is 0.808. The first-order valence-electron chi connectivity index (χ1n) is 6.89. The van der Waals surface area contributed by atoms with Gasteiger partial charge in [-0.1, -0.05) is 27.5 Å². The zero-order valence-corrected chi connectivity index (χ0v) is 13.6. The molecular weight excluding hydrogens is 298 g/mol. The lowest BCUT2D eigenvalue weighted by Gasteiger charge is -2.28. The zero-order valence-electron chi connectivity index (χ0n) is 12.8. The number of hydrogen-bond acceptors (Lipinski definition) is 4. The lowest BCUT2D eigenvalue weighted by Crippen LogP contribution is -3.00. The van der Waals surface area contributed by atoms with Crippen LogP contribution in [0.25, 0.3) is 0 Å². The topological polar surface area (TPSA) is 66.9 Å². The van der Waals surface area contributed by atoms with E-state index in [0.717, 1.165) is 30.7 Å². The van der Waals surface area contributed by atoms with Crippen molar-refractivity contribution in [3.8, 4) is 0 Å². The molecule has 2 rings (SSSR count). The summed E-state index contributed by atoms with van der Waals surface area (Å²) in [6.45, 7) is 0. The van der Waals surface area contributed by atoms with Crippen LogP contribution in [0.4, 0.5) is 4.79 Å². The number of hydrogen-bond donors (Lipinski definition) is 0. The van der Waals surface area contributed by atoms with E-state index in [1.807, 2.05) is 0 Å². The van der Waals surface area contributed by atoms with E-state index in [-0.39, 0.29) is 42.1 Å². The molecule has 0 aromatic heterocycles. The first-order chi connectivity index (χ1) is 9.25. The fourth-order valence-corrected chi connectivity index (χ4v) is 2.93. The second-order valence-electron chi connectivity index (χ2n) is 6.08. The van der Waals surface area contributed by atoms with Crippen LogP contribution in [0.5, 0.6) is 0 Å². The Balaban J connectivity index is 0.00000220. The summed E-state index contributed by atoms with van der Waals surface area (Å²) < 4.78 is -0.524. The van der Waals surface area contributed by atoms with Crippen molar-refractivity contribution < 1.29 is 36.4 Å². The SMILES string of the molecule is CN(C)C(=O)[N+](C)(C)ON1C(=O)C2CCCCC2C1=O.[Cl-]. The summed E-state index contributed by atoms with van der Waals surface area (Å²) in [5.41, 5.74) is 0. The van der Waals surface area contributed by atoms with Gasteiger partial charge >= 0.3 is 6.03 Å². The van der Waals surface area contributed by atoms with E-state index in [1.165, 1.54) is 19.0 Å². The molecule has 0 radical (unpaired) electrons. The standard InChI is InChI=1S/C13H22N3O4.ClH/c1-14(2)13(19)16(3,4)20-15-11(17)9-7-5-6-8-10(9)12(15)18;/h9-10H,5-8H2,1-4H3;1H/q+1;/p-1. The largest absolute Gasteiger partial charge is 1.00 e. The molecule has 1 aliphatic heterocycles. The molecule has 2 fully saturated rings. The van der Waals surface area contributed by atoms with Crippen LogP contribution >= 0.6 is 0 Å². The molecular formula is C13H22ClN3O4. The van der Waals surface area contributed by atoms with Crippen molar-refractivity contribution in [2.24, 2.45) is 11.8 Å². The third kappa shape index (κ3) is 3.20. The van der Waals surface area contributed by atoms with Gasteiger partial charge in [0.15, 0.2) is 0 Å². The summed E-state index contributed by atoms with van der Waals surface area (Å²) in [6, 6.07) is -0.347. The molecule has 2 atom stereocenters. The minimum atomic E-state index is -0.524. The van der Waals surface area contributed by atoms with Gasteiger partial charge in [0, 0.05) is 14.1 Å². The van der Waals surface area contributed by atoms with E-state index < -0.39 is 4.65 Å². The Bertz CT molecular complexity index is 429. The van der Waals surface area contributed by atoms with Crippen molar-refractivity contribution >= 4 is 17.8 Å². The molecule has 2 unspecified atom stereocenters. The van der Waals surface area contributed by atoms with Crippen molar-refractivity contribution in [1.82, 2.24) is 9.96 Å². The van der Waals surface area contributed by atoms with Gasteiger partial charge in [0.25, 0.3) is 11.8 Å². The average Bonchev–Trinajstić information content (AvgIpc) is 2.63. The lowest BCUT2D eigenvalue weighted by atomic mass is 9.81. The van der Waals surface area contributed by atoms with E-state index >= 15 is 0 Å². The van der Waals surface area contributed by atoms with Crippen molar-refractivity contribution in [2.75, 3.05) is 28.2 Å². The molecule has 0 spiro atoms. The molecule has 0 N–H and O–H groups in total. The van der Waals surface area contributed by atoms with Crippen LogP contribution in [0.15, 0.2) is 0 Å². The van der Waals surface area contributed by atoms with Gasteiger partial charge in [-0.15, -0.1) is 0 Å². The van der Waals surface area contributed by atoms with Crippen molar-refractivity contribution in [2.45, 2.75) is 25.7 Å². The number of fused-ring (bicyclic) bond motifs is 1. The van der Waals surface area contributed by atoms with Crippen LogP contribution < -0.4 is 12.4 Å². The number of imide groups is 1. The van der Waals surface area contributed by atoms with Crippen LogP contribution in [0, 0.1) is 11.8 Å². The minimum Gasteiger partial charge on any atom is -1.00 e. The Morgan fingerprint density at radius 3 is 1.95 bits per heavy atom. The normalized spacial score (nSPS) is 25.4. The van der Waals surface area contributed by atoms with E-state index in [1.54, 1.807) is 14.1 Å². The second-order valence-corrected chi connectivity index (χ2v) is 6.08.